The maximum Gasteiger partial charge on any atom is 0.219 e. The van der Waals surface area contributed by atoms with Crippen LogP contribution in [0.1, 0.15) is 19.8 Å². The first-order valence-corrected chi connectivity index (χ1v) is 10.9. The van der Waals surface area contributed by atoms with Crippen molar-refractivity contribution in [3.8, 4) is 17.1 Å². The van der Waals surface area contributed by atoms with Gasteiger partial charge in [0.1, 0.15) is 17.1 Å². The monoisotopic (exact) mass is 426 g/mol. The Bertz CT molecular complexity index is 1100. The number of carbonyl (C=O) groups excluding carboxylic acids is 1. The minimum Gasteiger partial charge on any atom is -0.494 e. The SMILES string of the molecule is COc1ccccc1N=c1scc(-c2cnn(C)n2)n1CC1CCCN(C(C)=O)C1. The van der Waals surface area contributed by atoms with Crippen LogP contribution in [0.3, 0.4) is 0 Å². The van der Waals surface area contributed by atoms with E-state index in [1.54, 1.807) is 36.4 Å². The molecule has 0 N–H and O–H groups in total. The zero-order valence-electron chi connectivity index (χ0n) is 17.5. The van der Waals surface area contributed by atoms with Crippen LogP contribution >= 0.6 is 11.3 Å². The summed E-state index contributed by atoms with van der Waals surface area (Å²) < 4.78 is 7.68. The summed E-state index contributed by atoms with van der Waals surface area (Å²) in [5.74, 6) is 1.24. The highest BCUT2D eigenvalue weighted by Crippen LogP contribution is 2.27. The van der Waals surface area contributed by atoms with Gasteiger partial charge in [-0.3, -0.25) is 4.79 Å². The van der Waals surface area contributed by atoms with Gasteiger partial charge >= 0.3 is 0 Å². The molecule has 1 unspecified atom stereocenters. The lowest BCUT2D eigenvalue weighted by Crippen LogP contribution is -2.40. The first-order valence-electron chi connectivity index (χ1n) is 10.0. The van der Waals surface area contributed by atoms with Crippen molar-refractivity contribution in [1.82, 2.24) is 24.5 Å². The Morgan fingerprint density at radius 3 is 2.93 bits per heavy atom. The maximum absolute atomic E-state index is 11.9. The molecule has 0 aliphatic carbocycles. The van der Waals surface area contributed by atoms with Crippen LogP contribution in [0.15, 0.2) is 40.8 Å². The zero-order chi connectivity index (χ0) is 21.1. The van der Waals surface area contributed by atoms with Crippen LogP contribution < -0.4 is 9.54 Å². The summed E-state index contributed by atoms with van der Waals surface area (Å²) in [4.78, 5) is 21.2. The molecular weight excluding hydrogens is 400 g/mol. The molecule has 1 aromatic carbocycles. The largest absolute Gasteiger partial charge is 0.494 e. The van der Waals surface area contributed by atoms with E-state index < -0.39 is 0 Å². The molecule has 0 radical (unpaired) electrons. The number of aryl methyl sites for hydroxylation is 1. The van der Waals surface area contributed by atoms with Crippen molar-refractivity contribution in [1.29, 1.82) is 0 Å². The Morgan fingerprint density at radius 2 is 2.20 bits per heavy atom. The lowest BCUT2D eigenvalue weighted by Gasteiger charge is -2.32. The quantitative estimate of drug-likeness (QED) is 0.629. The molecule has 1 fully saturated rings. The van der Waals surface area contributed by atoms with Crippen molar-refractivity contribution in [2.45, 2.75) is 26.3 Å². The molecule has 0 spiro atoms. The van der Waals surface area contributed by atoms with Crippen LogP contribution in [0.4, 0.5) is 5.69 Å². The highest BCUT2D eigenvalue weighted by molar-refractivity contribution is 7.07. The van der Waals surface area contributed by atoms with Crippen molar-refractivity contribution in [3.05, 3.63) is 40.6 Å². The van der Waals surface area contributed by atoms with Gasteiger partial charge in [-0.05, 0) is 30.9 Å². The Balaban J connectivity index is 1.75. The molecule has 3 aromatic rings. The molecule has 1 aliphatic heterocycles. The van der Waals surface area contributed by atoms with Crippen molar-refractivity contribution in [2.75, 3.05) is 20.2 Å². The fourth-order valence-electron chi connectivity index (χ4n) is 3.85. The van der Waals surface area contributed by atoms with Gasteiger partial charge < -0.3 is 14.2 Å². The number of thiazole rings is 1. The van der Waals surface area contributed by atoms with Gasteiger partial charge in [0.2, 0.25) is 5.91 Å². The molecule has 30 heavy (non-hydrogen) atoms. The summed E-state index contributed by atoms with van der Waals surface area (Å²) in [6, 6.07) is 7.74. The van der Waals surface area contributed by atoms with Crippen LogP contribution in [0.25, 0.3) is 11.4 Å². The van der Waals surface area contributed by atoms with E-state index in [0.29, 0.717) is 5.92 Å². The Morgan fingerprint density at radius 1 is 1.37 bits per heavy atom. The highest BCUT2D eigenvalue weighted by Gasteiger charge is 2.23. The van der Waals surface area contributed by atoms with Crippen molar-refractivity contribution in [3.63, 3.8) is 0 Å². The molecule has 1 atom stereocenters. The van der Waals surface area contributed by atoms with E-state index in [4.69, 9.17) is 9.73 Å². The van der Waals surface area contributed by atoms with Gasteiger partial charge in [-0.15, -0.1) is 11.3 Å². The second kappa shape index (κ2) is 8.83. The van der Waals surface area contributed by atoms with E-state index in [1.165, 1.54) is 0 Å². The minimum atomic E-state index is 0.142. The number of aromatic nitrogens is 4. The molecule has 158 valence electrons. The van der Waals surface area contributed by atoms with Crippen LogP contribution in [0.2, 0.25) is 0 Å². The Labute approximate surface area is 179 Å². The standard InChI is InChI=1S/C21H26N6O2S/c1-15(28)26-10-6-7-16(12-26)13-27-19(18-11-22-25(2)24-18)14-30-21(27)23-17-8-4-5-9-20(17)29-3/h4-5,8-9,11,14,16H,6-7,10,12-13H2,1-3H3. The predicted octanol–water partition coefficient (Wildman–Crippen LogP) is 2.84. The van der Waals surface area contributed by atoms with E-state index >= 15 is 0 Å². The second-order valence-electron chi connectivity index (χ2n) is 7.49. The third-order valence-corrected chi connectivity index (χ3v) is 6.23. The predicted molar refractivity (Wildman–Crippen MR) is 116 cm³/mol. The second-order valence-corrected chi connectivity index (χ2v) is 8.33. The summed E-state index contributed by atoms with van der Waals surface area (Å²) in [7, 11) is 3.46. The topological polar surface area (TPSA) is 77.5 Å². The molecule has 1 saturated heterocycles. The number of piperidine rings is 1. The maximum atomic E-state index is 11.9. The summed E-state index contributed by atoms with van der Waals surface area (Å²) in [6.45, 7) is 4.03. The molecule has 4 rings (SSSR count). The van der Waals surface area contributed by atoms with Crippen LogP contribution in [0, 0.1) is 5.92 Å². The van der Waals surface area contributed by atoms with Crippen molar-refractivity contribution < 1.29 is 9.53 Å². The third kappa shape index (κ3) is 4.30. The molecule has 1 amide bonds. The molecule has 0 bridgehead atoms. The van der Waals surface area contributed by atoms with Gasteiger partial charge in [0, 0.05) is 39.0 Å². The molecule has 2 aromatic heterocycles. The fourth-order valence-corrected chi connectivity index (χ4v) is 4.76. The van der Waals surface area contributed by atoms with E-state index in [-0.39, 0.29) is 5.91 Å². The lowest BCUT2D eigenvalue weighted by molar-refractivity contribution is -0.130. The minimum absolute atomic E-state index is 0.142. The number of ether oxygens (including phenoxy) is 1. The third-order valence-electron chi connectivity index (χ3n) is 5.37. The number of likely N-dealkylation sites (tertiary alicyclic amines) is 1. The summed E-state index contributed by atoms with van der Waals surface area (Å²) >= 11 is 1.57. The number of carbonyl (C=O) groups is 1. The molecule has 3 heterocycles. The molecule has 8 nitrogen and oxygen atoms in total. The van der Waals surface area contributed by atoms with Gasteiger partial charge in [-0.25, -0.2) is 4.99 Å². The van der Waals surface area contributed by atoms with Gasteiger partial charge in [-0.1, -0.05) is 12.1 Å². The van der Waals surface area contributed by atoms with Crippen molar-refractivity contribution >= 4 is 22.9 Å². The molecular formula is C21H26N6O2S. The van der Waals surface area contributed by atoms with E-state index in [0.717, 1.165) is 60.1 Å². The Kier molecular flexibility index (Phi) is 5.98. The van der Waals surface area contributed by atoms with E-state index in [2.05, 4.69) is 20.1 Å². The number of hydrogen-bond acceptors (Lipinski definition) is 6. The van der Waals surface area contributed by atoms with Crippen LogP contribution in [0.5, 0.6) is 5.75 Å². The number of nitrogens with zero attached hydrogens (tertiary/aromatic N) is 6. The van der Waals surface area contributed by atoms with Crippen molar-refractivity contribution in [2.24, 2.45) is 18.0 Å². The lowest BCUT2D eigenvalue weighted by atomic mass is 9.98. The van der Waals surface area contributed by atoms with Gasteiger partial charge in [0.05, 0.1) is 19.0 Å². The Hall–Kier alpha value is -2.94. The molecule has 9 heteroatoms. The van der Waals surface area contributed by atoms with Crippen LogP contribution in [-0.4, -0.2) is 50.6 Å². The van der Waals surface area contributed by atoms with Gasteiger partial charge in [0.25, 0.3) is 0 Å². The number of rotatable bonds is 5. The van der Waals surface area contributed by atoms with E-state index in [9.17, 15) is 4.79 Å². The summed E-state index contributed by atoms with van der Waals surface area (Å²) in [5.41, 5.74) is 2.59. The smallest absolute Gasteiger partial charge is 0.219 e. The number of amides is 1. The zero-order valence-corrected chi connectivity index (χ0v) is 18.3. The number of hydrogen-bond donors (Lipinski definition) is 0. The normalized spacial score (nSPS) is 17.4. The molecule has 1 aliphatic rings. The van der Waals surface area contributed by atoms with Crippen LogP contribution in [-0.2, 0) is 18.4 Å². The highest BCUT2D eigenvalue weighted by atomic mass is 32.1. The average Bonchev–Trinajstić information content (AvgIpc) is 3.35. The molecule has 0 saturated carbocycles. The summed E-state index contributed by atoms with van der Waals surface area (Å²) in [5, 5.41) is 10.8. The number of methoxy groups -OCH3 is 1. The first kappa shape index (κ1) is 20.3. The van der Waals surface area contributed by atoms with E-state index in [1.807, 2.05) is 36.2 Å². The summed E-state index contributed by atoms with van der Waals surface area (Å²) in [6.07, 6.45) is 3.88. The fraction of sp³-hybridized carbons (Fsp3) is 0.429. The van der Waals surface area contributed by atoms with Gasteiger partial charge in [0.15, 0.2) is 4.80 Å². The number of para-hydroxylation sites is 2. The average molecular weight is 427 g/mol. The number of benzene rings is 1. The van der Waals surface area contributed by atoms with Gasteiger partial charge in [-0.2, -0.15) is 15.0 Å². The first-order chi connectivity index (χ1) is 14.5.